The van der Waals surface area contributed by atoms with Crippen LogP contribution in [0.5, 0.6) is 0 Å². The monoisotopic (exact) mass is 433 g/mol. The molecule has 7 nitrogen and oxygen atoms in total. The molecule has 0 amide bonds. The Morgan fingerprint density at radius 1 is 1.16 bits per heavy atom. The molecule has 160 valence electrons. The van der Waals surface area contributed by atoms with Crippen LogP contribution in [0.25, 0.3) is 16.1 Å². The number of fused-ring (bicyclic) bond motifs is 1. The first-order valence-electron chi connectivity index (χ1n) is 10.9. The van der Waals surface area contributed by atoms with Gasteiger partial charge in [0.25, 0.3) is 0 Å². The van der Waals surface area contributed by atoms with E-state index in [9.17, 15) is 0 Å². The molecular weight excluding hydrogens is 406 g/mol. The Morgan fingerprint density at radius 2 is 2.03 bits per heavy atom. The lowest BCUT2D eigenvalue weighted by molar-refractivity contribution is 0.175. The van der Waals surface area contributed by atoms with Crippen LogP contribution in [0.2, 0.25) is 0 Å². The van der Waals surface area contributed by atoms with E-state index in [2.05, 4.69) is 55.6 Å². The first kappa shape index (κ1) is 20.1. The third kappa shape index (κ3) is 4.31. The first-order valence-corrected chi connectivity index (χ1v) is 11.7. The number of anilines is 2. The molecule has 8 heteroatoms. The van der Waals surface area contributed by atoms with Gasteiger partial charge in [-0.1, -0.05) is 36.8 Å². The molecule has 5 rings (SSSR count). The Bertz CT molecular complexity index is 1170. The van der Waals surface area contributed by atoms with Crippen LogP contribution in [0.15, 0.2) is 42.9 Å². The van der Waals surface area contributed by atoms with Crippen molar-refractivity contribution in [3.05, 3.63) is 53.4 Å². The van der Waals surface area contributed by atoms with Gasteiger partial charge in [-0.15, -0.1) is 10.2 Å². The van der Waals surface area contributed by atoms with Crippen molar-refractivity contribution in [2.75, 3.05) is 18.4 Å². The number of hydrogen-bond donors (Lipinski definition) is 1. The zero-order chi connectivity index (χ0) is 21.2. The summed E-state index contributed by atoms with van der Waals surface area (Å²) in [4.78, 5) is 7.13. The lowest BCUT2D eigenvalue weighted by Gasteiger charge is -2.31. The average Bonchev–Trinajstić information content (AvgIpc) is 3.42. The van der Waals surface area contributed by atoms with Gasteiger partial charge >= 0.3 is 0 Å². The standard InChI is InChI=1S/C23H27N7S/c1-3-17-7-10-29(11-8-17)14-19-9-12-30-21(19)22(24-15-25-30)26-20-6-4-5-18(13-20)23-28-27-16(2)31-23/h4-6,9,12-13,15,17H,3,7-8,10-11,14H2,1-2H3,(H,24,25,26). The molecular formula is C23H27N7S. The zero-order valence-electron chi connectivity index (χ0n) is 18.0. The van der Waals surface area contributed by atoms with Gasteiger partial charge < -0.3 is 5.32 Å². The Kier molecular flexibility index (Phi) is 5.65. The number of aryl methyl sites for hydroxylation is 1. The van der Waals surface area contributed by atoms with Crippen LogP contribution >= 0.6 is 11.3 Å². The summed E-state index contributed by atoms with van der Waals surface area (Å²) in [5, 5.41) is 18.2. The molecule has 4 aromatic rings. The fraction of sp³-hybridized carbons (Fsp3) is 0.391. The summed E-state index contributed by atoms with van der Waals surface area (Å²) in [5.74, 6) is 1.70. The number of nitrogens with one attached hydrogen (secondary N) is 1. The smallest absolute Gasteiger partial charge is 0.158 e. The van der Waals surface area contributed by atoms with Gasteiger partial charge in [-0.25, -0.2) is 9.50 Å². The van der Waals surface area contributed by atoms with Crippen molar-refractivity contribution in [3.8, 4) is 10.6 Å². The highest BCUT2D eigenvalue weighted by molar-refractivity contribution is 7.14. The number of benzene rings is 1. The van der Waals surface area contributed by atoms with Crippen molar-refractivity contribution in [2.45, 2.75) is 39.7 Å². The predicted molar refractivity (Wildman–Crippen MR) is 125 cm³/mol. The van der Waals surface area contributed by atoms with Crippen molar-refractivity contribution in [1.82, 2.24) is 29.7 Å². The van der Waals surface area contributed by atoms with E-state index in [-0.39, 0.29) is 0 Å². The molecule has 0 saturated carbocycles. The van der Waals surface area contributed by atoms with Crippen molar-refractivity contribution in [2.24, 2.45) is 5.92 Å². The van der Waals surface area contributed by atoms with Crippen LogP contribution in [-0.2, 0) is 6.54 Å². The molecule has 0 spiro atoms. The van der Waals surface area contributed by atoms with Crippen LogP contribution in [-0.4, -0.2) is 42.8 Å². The summed E-state index contributed by atoms with van der Waals surface area (Å²) >= 11 is 1.60. The average molecular weight is 434 g/mol. The van der Waals surface area contributed by atoms with Gasteiger partial charge in [0.15, 0.2) is 5.82 Å². The van der Waals surface area contributed by atoms with Gasteiger partial charge in [0.2, 0.25) is 0 Å². The molecule has 1 saturated heterocycles. The Morgan fingerprint density at radius 3 is 2.81 bits per heavy atom. The quantitative estimate of drug-likeness (QED) is 0.465. The van der Waals surface area contributed by atoms with E-state index in [1.165, 1.54) is 24.8 Å². The molecule has 1 fully saturated rings. The second-order valence-corrected chi connectivity index (χ2v) is 9.38. The summed E-state index contributed by atoms with van der Waals surface area (Å²) in [6, 6.07) is 10.4. The van der Waals surface area contributed by atoms with Crippen molar-refractivity contribution >= 4 is 28.4 Å². The molecule has 0 radical (unpaired) electrons. The summed E-state index contributed by atoms with van der Waals surface area (Å²) in [7, 11) is 0. The number of likely N-dealkylation sites (tertiary alicyclic amines) is 1. The van der Waals surface area contributed by atoms with Crippen molar-refractivity contribution in [1.29, 1.82) is 0 Å². The van der Waals surface area contributed by atoms with Crippen LogP contribution in [0.4, 0.5) is 11.5 Å². The van der Waals surface area contributed by atoms with Gasteiger partial charge in [0.1, 0.15) is 21.9 Å². The van der Waals surface area contributed by atoms with Crippen LogP contribution in [0.1, 0.15) is 36.8 Å². The summed E-state index contributed by atoms with van der Waals surface area (Å²) in [6.07, 6.45) is 7.50. The van der Waals surface area contributed by atoms with E-state index in [0.29, 0.717) is 0 Å². The molecule has 0 unspecified atom stereocenters. The molecule has 3 aromatic heterocycles. The lowest BCUT2D eigenvalue weighted by atomic mass is 9.94. The van der Waals surface area contributed by atoms with Gasteiger partial charge in [-0.3, -0.25) is 4.90 Å². The van der Waals surface area contributed by atoms with Crippen molar-refractivity contribution in [3.63, 3.8) is 0 Å². The highest BCUT2D eigenvalue weighted by Crippen LogP contribution is 2.29. The Hall–Kier alpha value is -2.84. The second-order valence-electron chi connectivity index (χ2n) is 8.20. The fourth-order valence-corrected chi connectivity index (χ4v) is 5.00. The topological polar surface area (TPSA) is 71.2 Å². The number of aromatic nitrogens is 5. The van der Waals surface area contributed by atoms with E-state index in [4.69, 9.17) is 0 Å². The maximum absolute atomic E-state index is 4.57. The fourth-order valence-electron chi connectivity index (χ4n) is 4.31. The normalized spacial score (nSPS) is 15.5. The highest BCUT2D eigenvalue weighted by Gasteiger charge is 2.20. The summed E-state index contributed by atoms with van der Waals surface area (Å²) < 4.78 is 1.92. The van der Waals surface area contributed by atoms with Crippen LogP contribution in [0, 0.1) is 12.8 Å². The third-order valence-corrected chi connectivity index (χ3v) is 7.00. The van der Waals surface area contributed by atoms with Crippen LogP contribution in [0.3, 0.4) is 0 Å². The Labute approximate surface area is 186 Å². The molecule has 0 atom stereocenters. The minimum Gasteiger partial charge on any atom is -0.338 e. The lowest BCUT2D eigenvalue weighted by Crippen LogP contribution is -2.33. The Balaban J connectivity index is 1.40. The summed E-state index contributed by atoms with van der Waals surface area (Å²) in [5.41, 5.74) is 4.32. The summed E-state index contributed by atoms with van der Waals surface area (Å²) in [6.45, 7) is 7.53. The molecule has 1 N–H and O–H groups in total. The molecule has 4 heterocycles. The number of piperidine rings is 1. The molecule has 1 aliphatic rings. The van der Waals surface area contributed by atoms with Gasteiger partial charge in [0.05, 0.1) is 0 Å². The SMILES string of the molecule is CCC1CCN(Cc2ccn3ncnc(Nc4cccc(-c5nnc(C)s5)c4)c23)CC1. The molecule has 0 bridgehead atoms. The zero-order valence-corrected chi connectivity index (χ0v) is 18.8. The maximum atomic E-state index is 4.57. The van der Waals surface area contributed by atoms with Gasteiger partial charge in [-0.2, -0.15) is 5.10 Å². The number of rotatable bonds is 6. The van der Waals surface area contributed by atoms with E-state index < -0.39 is 0 Å². The van der Waals surface area contributed by atoms with E-state index >= 15 is 0 Å². The maximum Gasteiger partial charge on any atom is 0.158 e. The minimum absolute atomic E-state index is 0.823. The minimum atomic E-state index is 0.823. The molecule has 31 heavy (non-hydrogen) atoms. The second kappa shape index (κ2) is 8.72. The number of nitrogens with zero attached hydrogens (tertiary/aromatic N) is 6. The first-order chi connectivity index (χ1) is 15.2. The highest BCUT2D eigenvalue weighted by atomic mass is 32.1. The molecule has 0 aliphatic carbocycles. The van der Waals surface area contributed by atoms with E-state index in [1.807, 2.05) is 29.8 Å². The van der Waals surface area contributed by atoms with Crippen molar-refractivity contribution < 1.29 is 0 Å². The van der Waals surface area contributed by atoms with Gasteiger partial charge in [0, 0.05) is 24.0 Å². The largest absolute Gasteiger partial charge is 0.338 e. The van der Waals surface area contributed by atoms with E-state index in [1.54, 1.807) is 17.7 Å². The molecule has 1 aromatic carbocycles. The third-order valence-electron chi connectivity index (χ3n) is 6.11. The van der Waals surface area contributed by atoms with Crippen LogP contribution < -0.4 is 5.32 Å². The number of hydrogen-bond acceptors (Lipinski definition) is 7. The van der Waals surface area contributed by atoms with Gasteiger partial charge in [-0.05, 0) is 62.5 Å². The molecule has 1 aliphatic heterocycles. The van der Waals surface area contributed by atoms with E-state index in [0.717, 1.165) is 58.2 Å². The predicted octanol–water partition coefficient (Wildman–Crippen LogP) is 4.92.